The maximum Gasteiger partial charge on any atom is 0.242 e. The van der Waals surface area contributed by atoms with Crippen LogP contribution < -0.4 is 19.5 Å². The third kappa shape index (κ3) is 6.21. The first-order valence-corrected chi connectivity index (χ1v) is 12.2. The van der Waals surface area contributed by atoms with E-state index >= 15 is 0 Å². The second-order valence-corrected chi connectivity index (χ2v) is 9.84. The Morgan fingerprint density at radius 1 is 0.938 bits per heavy atom. The van der Waals surface area contributed by atoms with Crippen molar-refractivity contribution in [2.45, 2.75) is 17.4 Å². The van der Waals surface area contributed by atoms with Crippen molar-refractivity contribution in [1.82, 2.24) is 4.72 Å². The lowest BCUT2D eigenvalue weighted by molar-refractivity contribution is -0.117. The van der Waals surface area contributed by atoms with Crippen molar-refractivity contribution >= 4 is 44.2 Å². The number of sulfonamides is 1. The van der Waals surface area contributed by atoms with Crippen LogP contribution >= 0.6 is 22.6 Å². The van der Waals surface area contributed by atoms with Gasteiger partial charge in [0, 0.05) is 15.3 Å². The molecular formula is C23H23IN2O5S. The maximum atomic E-state index is 13.1. The first-order valence-electron chi connectivity index (χ1n) is 9.67. The summed E-state index contributed by atoms with van der Waals surface area (Å²) in [6, 6.07) is 19.7. The summed E-state index contributed by atoms with van der Waals surface area (Å²) in [5.74, 6) is 0.223. The molecule has 0 aromatic heterocycles. The lowest BCUT2D eigenvalue weighted by atomic mass is 10.1. The summed E-state index contributed by atoms with van der Waals surface area (Å²) in [5, 5.41) is 2.79. The highest BCUT2D eigenvalue weighted by atomic mass is 127. The van der Waals surface area contributed by atoms with E-state index in [2.05, 4.69) is 32.6 Å². The zero-order valence-electron chi connectivity index (χ0n) is 17.5. The zero-order valence-corrected chi connectivity index (χ0v) is 20.5. The molecule has 9 heteroatoms. The van der Waals surface area contributed by atoms with E-state index in [-0.39, 0.29) is 17.1 Å². The molecule has 0 fully saturated rings. The molecule has 0 aliphatic carbocycles. The normalized spacial score (nSPS) is 12.1. The Labute approximate surface area is 201 Å². The Morgan fingerprint density at radius 3 is 2.22 bits per heavy atom. The zero-order chi connectivity index (χ0) is 23.1. The van der Waals surface area contributed by atoms with Crippen molar-refractivity contribution in [2.24, 2.45) is 0 Å². The van der Waals surface area contributed by atoms with Crippen molar-refractivity contribution in [3.63, 3.8) is 0 Å². The summed E-state index contributed by atoms with van der Waals surface area (Å²) in [6.07, 6.45) is 0.184. The Hall–Kier alpha value is -2.63. The molecule has 0 radical (unpaired) electrons. The SMILES string of the molecule is COc1ccc(S(=O)(=O)N[C@H](Cc2ccccc2)C(=O)Nc2ccc(I)cc2)cc1OC. The number of carbonyl (C=O) groups is 1. The minimum atomic E-state index is -4.03. The fraction of sp³-hybridized carbons (Fsp3) is 0.174. The number of ether oxygens (including phenoxy) is 2. The Morgan fingerprint density at radius 2 is 1.59 bits per heavy atom. The molecule has 1 amide bonds. The Kier molecular flexibility index (Phi) is 8.10. The minimum Gasteiger partial charge on any atom is -0.493 e. The van der Waals surface area contributed by atoms with Crippen molar-refractivity contribution < 1.29 is 22.7 Å². The van der Waals surface area contributed by atoms with Gasteiger partial charge in [0.2, 0.25) is 15.9 Å². The summed E-state index contributed by atoms with van der Waals surface area (Å²) in [7, 11) is -1.14. The molecule has 2 N–H and O–H groups in total. The number of anilines is 1. The number of nitrogens with one attached hydrogen (secondary N) is 2. The largest absolute Gasteiger partial charge is 0.493 e. The molecule has 0 spiro atoms. The molecule has 7 nitrogen and oxygen atoms in total. The number of hydrogen-bond acceptors (Lipinski definition) is 5. The van der Waals surface area contributed by atoms with Crippen LogP contribution in [0, 0.1) is 3.57 Å². The van der Waals surface area contributed by atoms with Crippen molar-refractivity contribution in [1.29, 1.82) is 0 Å². The van der Waals surface area contributed by atoms with Gasteiger partial charge < -0.3 is 14.8 Å². The van der Waals surface area contributed by atoms with Crippen LogP contribution in [-0.4, -0.2) is 34.6 Å². The third-order valence-electron chi connectivity index (χ3n) is 4.67. The van der Waals surface area contributed by atoms with Gasteiger partial charge in [-0.05, 0) is 71.0 Å². The van der Waals surface area contributed by atoms with E-state index in [4.69, 9.17) is 9.47 Å². The van der Waals surface area contributed by atoms with Gasteiger partial charge in [0.15, 0.2) is 11.5 Å². The molecule has 3 aromatic rings. The summed E-state index contributed by atoms with van der Waals surface area (Å²) in [6.45, 7) is 0. The third-order valence-corrected chi connectivity index (χ3v) is 6.86. The molecule has 3 aromatic carbocycles. The number of hydrogen-bond donors (Lipinski definition) is 2. The highest BCUT2D eigenvalue weighted by Crippen LogP contribution is 2.29. The molecule has 0 aliphatic heterocycles. The van der Waals surface area contributed by atoms with Gasteiger partial charge in [0.05, 0.1) is 19.1 Å². The first-order chi connectivity index (χ1) is 15.3. The average molecular weight is 566 g/mol. The lowest BCUT2D eigenvalue weighted by Crippen LogP contribution is -2.45. The van der Waals surface area contributed by atoms with Crippen LogP contribution in [0.15, 0.2) is 77.7 Å². The van der Waals surface area contributed by atoms with Crippen LogP contribution in [-0.2, 0) is 21.2 Å². The van der Waals surface area contributed by atoms with Gasteiger partial charge in [-0.25, -0.2) is 8.42 Å². The molecule has 32 heavy (non-hydrogen) atoms. The average Bonchev–Trinajstić information content (AvgIpc) is 2.80. The first kappa shape index (κ1) is 24.0. The van der Waals surface area contributed by atoms with Gasteiger partial charge in [0.1, 0.15) is 6.04 Å². The second kappa shape index (κ2) is 10.8. The van der Waals surface area contributed by atoms with Crippen molar-refractivity contribution in [3.8, 4) is 11.5 Å². The monoisotopic (exact) mass is 566 g/mol. The molecule has 0 saturated carbocycles. The van der Waals surface area contributed by atoms with Gasteiger partial charge >= 0.3 is 0 Å². The van der Waals surface area contributed by atoms with Crippen LogP contribution in [0.25, 0.3) is 0 Å². The molecular weight excluding hydrogens is 543 g/mol. The summed E-state index contributed by atoms with van der Waals surface area (Å²) >= 11 is 2.17. The Bertz CT molecular complexity index is 1170. The molecule has 0 bridgehead atoms. The summed E-state index contributed by atoms with van der Waals surface area (Å²) in [4.78, 5) is 13.0. The van der Waals surface area contributed by atoms with Crippen LogP contribution in [0.2, 0.25) is 0 Å². The van der Waals surface area contributed by atoms with Gasteiger partial charge in [-0.3, -0.25) is 4.79 Å². The van der Waals surface area contributed by atoms with Crippen LogP contribution in [0.4, 0.5) is 5.69 Å². The van der Waals surface area contributed by atoms with E-state index in [1.54, 1.807) is 12.1 Å². The van der Waals surface area contributed by atoms with Gasteiger partial charge in [-0.2, -0.15) is 4.72 Å². The number of rotatable bonds is 9. The van der Waals surface area contributed by atoms with Crippen molar-refractivity contribution in [3.05, 3.63) is 81.9 Å². The molecule has 3 rings (SSSR count). The molecule has 0 unspecified atom stereocenters. The van der Waals surface area contributed by atoms with E-state index in [0.717, 1.165) is 9.13 Å². The molecule has 1 atom stereocenters. The van der Waals surface area contributed by atoms with Crippen LogP contribution in [0.3, 0.4) is 0 Å². The number of carbonyl (C=O) groups excluding carboxylic acids is 1. The van der Waals surface area contributed by atoms with Crippen molar-refractivity contribution in [2.75, 3.05) is 19.5 Å². The fourth-order valence-corrected chi connectivity index (χ4v) is 4.61. The number of amides is 1. The van der Waals surface area contributed by atoms with E-state index in [0.29, 0.717) is 11.4 Å². The number of methoxy groups -OCH3 is 2. The smallest absolute Gasteiger partial charge is 0.242 e. The van der Waals surface area contributed by atoms with Crippen LogP contribution in [0.5, 0.6) is 11.5 Å². The van der Waals surface area contributed by atoms with E-state index < -0.39 is 22.0 Å². The number of benzene rings is 3. The molecule has 168 valence electrons. The van der Waals surface area contributed by atoms with Crippen LogP contribution in [0.1, 0.15) is 5.56 Å². The summed E-state index contributed by atoms with van der Waals surface area (Å²) in [5.41, 5.74) is 1.41. The predicted molar refractivity (Wildman–Crippen MR) is 132 cm³/mol. The maximum absolute atomic E-state index is 13.1. The second-order valence-electron chi connectivity index (χ2n) is 6.88. The Balaban J connectivity index is 1.88. The van der Waals surface area contributed by atoms with E-state index in [1.807, 2.05) is 42.5 Å². The van der Waals surface area contributed by atoms with Gasteiger partial charge in [-0.1, -0.05) is 30.3 Å². The lowest BCUT2D eigenvalue weighted by Gasteiger charge is -2.19. The predicted octanol–water partition coefficient (Wildman–Crippen LogP) is 3.84. The standard InChI is InChI=1S/C23H23IN2O5S/c1-30-21-13-12-19(15-22(21)31-2)32(28,29)26-20(14-16-6-4-3-5-7-16)23(27)25-18-10-8-17(24)9-11-18/h3-13,15,20,26H,14H2,1-2H3,(H,25,27)/t20-/m1/s1. The quantitative estimate of drug-likeness (QED) is 0.384. The fourth-order valence-electron chi connectivity index (χ4n) is 3.04. The summed E-state index contributed by atoms with van der Waals surface area (Å²) < 4.78 is 40.2. The topological polar surface area (TPSA) is 93.7 Å². The van der Waals surface area contributed by atoms with Gasteiger partial charge in [-0.15, -0.1) is 0 Å². The number of halogens is 1. The minimum absolute atomic E-state index is 0.0322. The van der Waals surface area contributed by atoms with E-state index in [9.17, 15) is 13.2 Å². The molecule has 0 aliphatic rings. The molecule has 0 heterocycles. The van der Waals surface area contributed by atoms with E-state index in [1.165, 1.54) is 32.4 Å². The molecule has 0 saturated heterocycles. The highest BCUT2D eigenvalue weighted by molar-refractivity contribution is 14.1. The highest BCUT2D eigenvalue weighted by Gasteiger charge is 2.27. The van der Waals surface area contributed by atoms with Gasteiger partial charge in [0.25, 0.3) is 0 Å².